The van der Waals surface area contributed by atoms with Crippen LogP contribution in [0.15, 0.2) is 89.8 Å². The van der Waals surface area contributed by atoms with Gasteiger partial charge in [0.1, 0.15) is 0 Å². The second-order valence-corrected chi connectivity index (χ2v) is 8.96. The van der Waals surface area contributed by atoms with Crippen LogP contribution in [0, 0.1) is 0 Å². The van der Waals surface area contributed by atoms with Gasteiger partial charge in [-0.05, 0) is 23.6 Å². The minimum atomic E-state index is -4.01. The molecule has 0 fully saturated rings. The number of nitrogens with one attached hydrogen (secondary N) is 1. The van der Waals surface area contributed by atoms with E-state index in [1.807, 2.05) is 72.8 Å². The van der Waals surface area contributed by atoms with Gasteiger partial charge in [0.05, 0.1) is 5.69 Å². The Morgan fingerprint density at radius 3 is 2.17 bits per heavy atom. The summed E-state index contributed by atoms with van der Waals surface area (Å²) in [5, 5.41) is 2.80. The lowest BCUT2D eigenvalue weighted by molar-refractivity contribution is -0.116. The molecule has 1 aliphatic rings. The summed E-state index contributed by atoms with van der Waals surface area (Å²) in [6, 6.07) is 26.2. The van der Waals surface area contributed by atoms with Crippen LogP contribution in [-0.2, 0) is 21.2 Å². The molecule has 4 rings (SSSR count). The second kappa shape index (κ2) is 8.16. The lowest BCUT2D eigenvalue weighted by atomic mass is 9.95. The van der Waals surface area contributed by atoms with Crippen LogP contribution in [0.1, 0.15) is 16.7 Å². The Hall–Kier alpha value is -3.38. The van der Waals surface area contributed by atoms with Crippen LogP contribution >= 0.6 is 0 Å². The fourth-order valence-electron chi connectivity index (χ4n) is 3.64. The molecule has 5 nitrogen and oxygen atoms in total. The van der Waals surface area contributed by atoms with Crippen molar-refractivity contribution in [2.75, 3.05) is 17.9 Å². The van der Waals surface area contributed by atoms with Crippen LogP contribution in [0.25, 0.3) is 5.57 Å². The van der Waals surface area contributed by atoms with Crippen LogP contribution in [0.5, 0.6) is 0 Å². The Balaban J connectivity index is 1.78. The molecule has 0 bridgehead atoms. The maximum absolute atomic E-state index is 13.3. The van der Waals surface area contributed by atoms with Gasteiger partial charge in [-0.15, -0.1) is 0 Å². The van der Waals surface area contributed by atoms with Crippen LogP contribution in [-0.4, -0.2) is 27.9 Å². The van der Waals surface area contributed by atoms with E-state index < -0.39 is 15.9 Å². The summed E-state index contributed by atoms with van der Waals surface area (Å²) < 4.78 is 27.9. The second-order valence-electron chi connectivity index (χ2n) is 7.05. The van der Waals surface area contributed by atoms with Gasteiger partial charge in [-0.3, -0.25) is 9.10 Å². The highest BCUT2D eigenvalue weighted by Crippen LogP contribution is 2.41. The van der Waals surface area contributed by atoms with E-state index in [1.54, 1.807) is 12.1 Å². The average Bonchev–Trinajstić information content (AvgIpc) is 2.77. The summed E-state index contributed by atoms with van der Waals surface area (Å²) in [4.78, 5) is 12.9. The zero-order valence-electron chi connectivity index (χ0n) is 16.6. The topological polar surface area (TPSA) is 66.5 Å². The normalized spacial score (nSPS) is 14.9. The quantitative estimate of drug-likeness (QED) is 0.689. The van der Waals surface area contributed by atoms with Crippen LogP contribution in [0.3, 0.4) is 0 Å². The van der Waals surface area contributed by atoms with E-state index in [0.29, 0.717) is 35.4 Å². The molecule has 0 saturated heterocycles. The Bertz CT molecular complexity index is 1200. The largest absolute Gasteiger partial charge is 0.351 e. The third-order valence-corrected chi connectivity index (χ3v) is 6.99. The Morgan fingerprint density at radius 2 is 1.47 bits per heavy atom. The maximum atomic E-state index is 13.3. The first kappa shape index (κ1) is 19.9. The average molecular weight is 419 g/mol. The van der Waals surface area contributed by atoms with Crippen molar-refractivity contribution in [2.24, 2.45) is 0 Å². The molecule has 0 unspecified atom stereocenters. The standard InChI is InChI=1S/C24H22N2O3S/c1-26-21-15-9-8-14-20(21)22(19-12-6-3-7-13-19)23(30(26,28)29)24(27)25-17-16-18-10-4-2-5-11-18/h2-15H,16-17H2,1H3,(H,25,27). The number of carbonyl (C=O) groups is 1. The number of benzene rings is 3. The smallest absolute Gasteiger partial charge is 0.270 e. The SMILES string of the molecule is CN1c2ccccc2C(c2ccccc2)=C(C(=O)NCCc2ccccc2)S1(=O)=O. The van der Waals surface area contributed by atoms with Crippen LogP contribution < -0.4 is 9.62 Å². The van der Waals surface area contributed by atoms with Crippen molar-refractivity contribution in [3.63, 3.8) is 0 Å². The number of hydrogen-bond donors (Lipinski definition) is 1. The number of nitrogens with zero attached hydrogens (tertiary/aromatic N) is 1. The third-order valence-electron chi connectivity index (χ3n) is 5.17. The summed E-state index contributed by atoms with van der Waals surface area (Å²) in [7, 11) is -2.53. The highest BCUT2D eigenvalue weighted by Gasteiger charge is 2.39. The molecular weight excluding hydrogens is 396 g/mol. The van der Waals surface area contributed by atoms with E-state index in [2.05, 4.69) is 5.32 Å². The van der Waals surface area contributed by atoms with Crippen molar-refractivity contribution in [1.82, 2.24) is 5.32 Å². The van der Waals surface area contributed by atoms with Gasteiger partial charge in [-0.25, -0.2) is 8.42 Å². The summed E-state index contributed by atoms with van der Waals surface area (Å²) in [5.74, 6) is -0.592. The van der Waals surface area contributed by atoms with Crippen molar-refractivity contribution in [2.45, 2.75) is 6.42 Å². The molecule has 1 aliphatic heterocycles. The predicted octanol–water partition coefficient (Wildman–Crippen LogP) is 3.58. The molecule has 0 aliphatic carbocycles. The van der Waals surface area contributed by atoms with Gasteiger partial charge < -0.3 is 5.32 Å². The van der Waals surface area contributed by atoms with Crippen molar-refractivity contribution in [3.05, 3.63) is 107 Å². The van der Waals surface area contributed by atoms with Gasteiger partial charge in [0.15, 0.2) is 4.91 Å². The maximum Gasteiger partial charge on any atom is 0.270 e. The number of amides is 1. The van der Waals surface area contributed by atoms with Gasteiger partial charge in [-0.2, -0.15) is 0 Å². The minimum absolute atomic E-state index is 0.219. The monoisotopic (exact) mass is 418 g/mol. The summed E-state index contributed by atoms with van der Waals surface area (Å²) in [5.41, 5.74) is 3.46. The number of para-hydroxylation sites is 1. The molecule has 0 aromatic heterocycles. The molecule has 0 radical (unpaired) electrons. The summed E-state index contributed by atoms with van der Waals surface area (Å²) in [6.45, 7) is 0.343. The molecule has 6 heteroatoms. The zero-order valence-corrected chi connectivity index (χ0v) is 17.4. The molecular formula is C24H22N2O3S. The first-order valence-corrected chi connectivity index (χ1v) is 11.1. The van der Waals surface area contributed by atoms with Gasteiger partial charge in [0.2, 0.25) is 0 Å². The predicted molar refractivity (Wildman–Crippen MR) is 119 cm³/mol. The highest BCUT2D eigenvalue weighted by atomic mass is 32.2. The van der Waals surface area contributed by atoms with Gasteiger partial charge in [0, 0.05) is 24.7 Å². The zero-order chi connectivity index (χ0) is 21.1. The van der Waals surface area contributed by atoms with E-state index in [0.717, 1.165) is 5.56 Å². The number of anilines is 1. The highest BCUT2D eigenvalue weighted by molar-refractivity contribution is 7.97. The third kappa shape index (κ3) is 3.62. The Kier molecular flexibility index (Phi) is 5.42. The number of sulfonamides is 1. The Morgan fingerprint density at radius 1 is 0.867 bits per heavy atom. The number of hydrogen-bond acceptors (Lipinski definition) is 3. The summed E-state index contributed by atoms with van der Waals surface area (Å²) in [6.07, 6.45) is 0.618. The molecule has 0 atom stereocenters. The van der Waals surface area contributed by atoms with E-state index in [-0.39, 0.29) is 4.91 Å². The molecule has 30 heavy (non-hydrogen) atoms. The molecule has 3 aromatic carbocycles. The molecule has 3 aromatic rings. The summed E-state index contributed by atoms with van der Waals surface area (Å²) >= 11 is 0. The molecule has 152 valence electrons. The lowest BCUT2D eigenvalue weighted by Gasteiger charge is -2.30. The molecule has 0 saturated carbocycles. The lowest BCUT2D eigenvalue weighted by Crippen LogP contribution is -2.40. The molecule has 1 amide bonds. The number of rotatable bonds is 5. The van der Waals surface area contributed by atoms with Gasteiger partial charge in [0.25, 0.3) is 15.9 Å². The van der Waals surface area contributed by atoms with Gasteiger partial charge >= 0.3 is 0 Å². The van der Waals surface area contributed by atoms with Crippen molar-refractivity contribution >= 4 is 27.2 Å². The molecule has 1 N–H and O–H groups in total. The fourth-order valence-corrected chi connectivity index (χ4v) is 5.13. The van der Waals surface area contributed by atoms with E-state index in [4.69, 9.17) is 0 Å². The van der Waals surface area contributed by atoms with E-state index in [1.165, 1.54) is 11.4 Å². The van der Waals surface area contributed by atoms with Crippen LogP contribution in [0.2, 0.25) is 0 Å². The first-order valence-electron chi connectivity index (χ1n) is 9.70. The van der Waals surface area contributed by atoms with Crippen molar-refractivity contribution < 1.29 is 13.2 Å². The van der Waals surface area contributed by atoms with E-state index >= 15 is 0 Å². The molecule has 0 spiro atoms. The van der Waals surface area contributed by atoms with Crippen molar-refractivity contribution in [3.8, 4) is 0 Å². The molecule has 1 heterocycles. The first-order chi connectivity index (χ1) is 14.5. The van der Waals surface area contributed by atoms with Gasteiger partial charge in [-0.1, -0.05) is 78.9 Å². The van der Waals surface area contributed by atoms with Crippen LogP contribution in [0.4, 0.5) is 5.69 Å². The fraction of sp³-hybridized carbons (Fsp3) is 0.125. The van der Waals surface area contributed by atoms with E-state index in [9.17, 15) is 13.2 Å². The van der Waals surface area contributed by atoms with Crippen molar-refractivity contribution in [1.29, 1.82) is 0 Å². The minimum Gasteiger partial charge on any atom is -0.351 e. The number of carbonyl (C=O) groups excluding carboxylic acids is 1. The Labute approximate surface area is 176 Å². The number of fused-ring (bicyclic) bond motifs is 1.